The number of fused-ring (bicyclic) bond motifs is 1. The van der Waals surface area contributed by atoms with Crippen LogP contribution in [-0.4, -0.2) is 37.1 Å². The van der Waals surface area contributed by atoms with Crippen LogP contribution in [-0.2, 0) is 26.0 Å². The van der Waals surface area contributed by atoms with Crippen LogP contribution in [0.25, 0.3) is 0 Å². The Balaban J connectivity index is 1.57. The maximum Gasteiger partial charge on any atom is 0.243 e. The number of amides is 2. The number of carbonyl (C=O) groups excluding carboxylic acids is 2. The molecule has 2 heterocycles. The summed E-state index contributed by atoms with van der Waals surface area (Å²) in [5.74, 6) is -0.372. The minimum Gasteiger partial charge on any atom is -0.326 e. The minimum atomic E-state index is -3.84. The summed E-state index contributed by atoms with van der Waals surface area (Å²) < 4.78 is 28.1. The molecule has 2 aromatic rings. The molecule has 164 valence electrons. The molecule has 0 bridgehead atoms. The van der Waals surface area contributed by atoms with Gasteiger partial charge in [0.2, 0.25) is 21.8 Å². The molecule has 0 unspecified atom stereocenters. The van der Waals surface area contributed by atoms with Crippen LogP contribution in [0.1, 0.15) is 42.4 Å². The molecule has 7 nitrogen and oxygen atoms in total. The van der Waals surface area contributed by atoms with Crippen molar-refractivity contribution in [3.63, 3.8) is 0 Å². The van der Waals surface area contributed by atoms with E-state index in [9.17, 15) is 18.0 Å². The lowest BCUT2D eigenvalue weighted by molar-refractivity contribution is -0.119. The summed E-state index contributed by atoms with van der Waals surface area (Å²) in [6, 6.07) is 9.69. The monoisotopic (exact) mass is 441 g/mol. The first-order valence-electron chi connectivity index (χ1n) is 10.6. The van der Waals surface area contributed by atoms with Crippen LogP contribution in [0.5, 0.6) is 0 Å². The van der Waals surface area contributed by atoms with Crippen molar-refractivity contribution < 1.29 is 18.0 Å². The zero-order chi connectivity index (χ0) is 22.2. The van der Waals surface area contributed by atoms with E-state index in [0.717, 1.165) is 16.7 Å². The number of nitrogens with zero attached hydrogens (tertiary/aromatic N) is 1. The molecule has 1 atom stereocenters. The third kappa shape index (κ3) is 4.36. The third-order valence-corrected chi connectivity index (χ3v) is 7.99. The average molecular weight is 442 g/mol. The van der Waals surface area contributed by atoms with Crippen LogP contribution in [0.4, 0.5) is 11.4 Å². The molecular weight excluding hydrogens is 414 g/mol. The number of benzene rings is 2. The highest BCUT2D eigenvalue weighted by molar-refractivity contribution is 7.89. The SMILES string of the molecule is Cc1ccc(NC(=O)[C@@H]2CCCN2S(=O)(=O)c2ccc3c(c2)CCCC(=O)N3)cc1C. The number of hydrogen-bond acceptors (Lipinski definition) is 4. The number of carbonyl (C=O) groups is 2. The van der Waals surface area contributed by atoms with Crippen molar-refractivity contribution in [3.05, 3.63) is 53.1 Å². The lowest BCUT2D eigenvalue weighted by atomic mass is 10.1. The Morgan fingerprint density at radius 1 is 1.06 bits per heavy atom. The quantitative estimate of drug-likeness (QED) is 0.760. The van der Waals surface area contributed by atoms with Gasteiger partial charge in [0.1, 0.15) is 6.04 Å². The summed E-state index contributed by atoms with van der Waals surface area (Å²) in [5, 5.41) is 5.70. The van der Waals surface area contributed by atoms with Gasteiger partial charge in [-0.15, -0.1) is 0 Å². The number of sulfonamides is 1. The normalized spacial score (nSPS) is 19.4. The summed E-state index contributed by atoms with van der Waals surface area (Å²) in [6.07, 6.45) is 2.84. The molecule has 31 heavy (non-hydrogen) atoms. The second kappa shape index (κ2) is 8.43. The number of anilines is 2. The Bertz CT molecular complexity index is 1140. The molecule has 2 amide bonds. The number of rotatable bonds is 4. The zero-order valence-corrected chi connectivity index (χ0v) is 18.6. The van der Waals surface area contributed by atoms with E-state index < -0.39 is 16.1 Å². The second-order valence-corrected chi connectivity index (χ2v) is 10.2. The Kier molecular flexibility index (Phi) is 5.85. The molecule has 0 aliphatic carbocycles. The third-order valence-electron chi connectivity index (χ3n) is 6.09. The fourth-order valence-corrected chi connectivity index (χ4v) is 5.89. The molecule has 0 aromatic heterocycles. The Morgan fingerprint density at radius 3 is 2.65 bits per heavy atom. The van der Waals surface area contributed by atoms with Gasteiger partial charge in [0.25, 0.3) is 0 Å². The van der Waals surface area contributed by atoms with Crippen LogP contribution < -0.4 is 10.6 Å². The van der Waals surface area contributed by atoms with Crippen molar-refractivity contribution in [1.82, 2.24) is 4.31 Å². The fraction of sp³-hybridized carbons (Fsp3) is 0.391. The Morgan fingerprint density at radius 2 is 1.87 bits per heavy atom. The van der Waals surface area contributed by atoms with E-state index in [1.165, 1.54) is 10.4 Å². The van der Waals surface area contributed by atoms with Gasteiger partial charge < -0.3 is 10.6 Å². The summed E-state index contributed by atoms with van der Waals surface area (Å²) >= 11 is 0. The molecule has 2 aromatic carbocycles. The Hall–Kier alpha value is -2.71. The molecule has 0 spiro atoms. The van der Waals surface area contributed by atoms with Crippen molar-refractivity contribution in [3.8, 4) is 0 Å². The second-order valence-electron chi connectivity index (χ2n) is 8.28. The van der Waals surface area contributed by atoms with E-state index in [2.05, 4.69) is 10.6 Å². The topological polar surface area (TPSA) is 95.6 Å². The van der Waals surface area contributed by atoms with Crippen molar-refractivity contribution in [2.45, 2.75) is 56.9 Å². The standard InChI is InChI=1S/C23H27N3O4S/c1-15-8-9-18(13-16(15)2)24-23(28)21-6-4-12-26(21)31(29,30)19-10-11-20-17(14-19)5-3-7-22(27)25-20/h8-11,13-14,21H,3-7,12H2,1-2H3,(H,24,28)(H,25,27)/t21-/m0/s1. The Labute approximate surface area is 182 Å². The lowest BCUT2D eigenvalue weighted by Crippen LogP contribution is -2.43. The highest BCUT2D eigenvalue weighted by atomic mass is 32.2. The molecule has 1 saturated heterocycles. The van der Waals surface area contributed by atoms with Crippen LogP contribution >= 0.6 is 0 Å². The summed E-state index contributed by atoms with van der Waals surface area (Å²) in [5.41, 5.74) is 4.32. The number of aryl methyl sites for hydroxylation is 3. The van der Waals surface area contributed by atoms with Crippen molar-refractivity contribution >= 4 is 33.2 Å². The van der Waals surface area contributed by atoms with Crippen molar-refractivity contribution in [1.29, 1.82) is 0 Å². The molecule has 8 heteroatoms. The maximum absolute atomic E-state index is 13.4. The van der Waals surface area contributed by atoms with E-state index in [1.807, 2.05) is 32.0 Å². The predicted molar refractivity (Wildman–Crippen MR) is 119 cm³/mol. The van der Waals surface area contributed by atoms with Gasteiger partial charge in [-0.25, -0.2) is 8.42 Å². The van der Waals surface area contributed by atoms with Gasteiger partial charge in [-0.3, -0.25) is 9.59 Å². The zero-order valence-electron chi connectivity index (χ0n) is 17.8. The van der Waals surface area contributed by atoms with Crippen LogP contribution in [0, 0.1) is 13.8 Å². The highest BCUT2D eigenvalue weighted by Gasteiger charge is 2.39. The number of nitrogens with one attached hydrogen (secondary N) is 2. The van der Waals surface area contributed by atoms with Gasteiger partial charge in [0, 0.05) is 24.3 Å². The van der Waals surface area contributed by atoms with Gasteiger partial charge in [0.15, 0.2) is 0 Å². The van der Waals surface area contributed by atoms with Crippen LogP contribution in [0.3, 0.4) is 0 Å². The molecule has 0 radical (unpaired) electrons. The molecule has 2 aliphatic heterocycles. The van der Waals surface area contributed by atoms with E-state index in [1.54, 1.807) is 12.1 Å². The summed E-state index contributed by atoms with van der Waals surface area (Å²) in [4.78, 5) is 24.9. The van der Waals surface area contributed by atoms with Gasteiger partial charge in [-0.1, -0.05) is 6.07 Å². The van der Waals surface area contributed by atoms with Gasteiger partial charge in [-0.05, 0) is 86.6 Å². The molecule has 0 saturated carbocycles. The minimum absolute atomic E-state index is 0.0584. The first-order valence-corrected chi connectivity index (χ1v) is 12.0. The van der Waals surface area contributed by atoms with Gasteiger partial charge >= 0.3 is 0 Å². The lowest BCUT2D eigenvalue weighted by Gasteiger charge is -2.24. The largest absolute Gasteiger partial charge is 0.326 e. The van der Waals surface area contributed by atoms with E-state index in [-0.39, 0.29) is 16.7 Å². The number of hydrogen-bond donors (Lipinski definition) is 2. The fourth-order valence-electron chi connectivity index (χ4n) is 4.18. The molecule has 4 rings (SSSR count). The first kappa shape index (κ1) is 21.5. The van der Waals surface area contributed by atoms with E-state index in [4.69, 9.17) is 0 Å². The van der Waals surface area contributed by atoms with Crippen molar-refractivity contribution in [2.75, 3.05) is 17.2 Å². The summed E-state index contributed by atoms with van der Waals surface area (Å²) in [7, 11) is -3.84. The molecule has 2 N–H and O–H groups in total. The highest BCUT2D eigenvalue weighted by Crippen LogP contribution is 2.31. The smallest absolute Gasteiger partial charge is 0.243 e. The molecule has 2 aliphatic rings. The van der Waals surface area contributed by atoms with E-state index >= 15 is 0 Å². The maximum atomic E-state index is 13.4. The van der Waals surface area contributed by atoms with Crippen LogP contribution in [0.15, 0.2) is 41.3 Å². The molecule has 1 fully saturated rings. The molecular formula is C23H27N3O4S. The van der Waals surface area contributed by atoms with E-state index in [0.29, 0.717) is 50.0 Å². The summed E-state index contributed by atoms with van der Waals surface area (Å²) in [6.45, 7) is 4.28. The predicted octanol–water partition coefficient (Wildman–Crippen LogP) is 3.37. The first-order chi connectivity index (χ1) is 14.8. The van der Waals surface area contributed by atoms with Crippen LogP contribution in [0.2, 0.25) is 0 Å². The van der Waals surface area contributed by atoms with Crippen molar-refractivity contribution in [2.24, 2.45) is 0 Å². The van der Waals surface area contributed by atoms with Gasteiger partial charge in [0.05, 0.1) is 4.90 Å². The average Bonchev–Trinajstić information content (AvgIpc) is 3.15. The van der Waals surface area contributed by atoms with Gasteiger partial charge in [-0.2, -0.15) is 4.31 Å².